The fourth-order valence-corrected chi connectivity index (χ4v) is 2.79. The summed E-state index contributed by atoms with van der Waals surface area (Å²) in [5.41, 5.74) is 0.757. The molecular weight excluding hydrogens is 308 g/mol. The molecule has 1 aliphatic rings. The zero-order valence-electron chi connectivity index (χ0n) is 11.2. The van der Waals surface area contributed by atoms with Crippen LogP contribution in [0.5, 0.6) is 0 Å². The van der Waals surface area contributed by atoms with E-state index in [9.17, 15) is 4.79 Å². The van der Waals surface area contributed by atoms with Gasteiger partial charge < -0.3 is 10.1 Å². The van der Waals surface area contributed by atoms with Gasteiger partial charge in [0.1, 0.15) is 0 Å². The Balaban J connectivity index is 2.08. The van der Waals surface area contributed by atoms with Crippen LogP contribution in [-0.4, -0.2) is 23.6 Å². The monoisotopic (exact) mass is 326 g/mol. The molecule has 2 unspecified atom stereocenters. The molecule has 2 rings (SSSR count). The number of halogens is 1. The third kappa shape index (κ3) is 3.54. The van der Waals surface area contributed by atoms with Crippen LogP contribution in [0.25, 0.3) is 0 Å². The lowest BCUT2D eigenvalue weighted by Crippen LogP contribution is -2.41. The summed E-state index contributed by atoms with van der Waals surface area (Å²) < 4.78 is 6.55. The number of nitrogens with zero attached hydrogens (tertiary/aromatic N) is 1. The molecule has 1 fully saturated rings. The number of hydrogen-bond donors (Lipinski definition) is 1. The highest BCUT2D eigenvalue weighted by atomic mass is 79.9. The lowest BCUT2D eigenvalue weighted by Gasteiger charge is -2.33. The summed E-state index contributed by atoms with van der Waals surface area (Å²) in [5, 5.41) is 2.96. The van der Waals surface area contributed by atoms with E-state index in [0.29, 0.717) is 5.92 Å². The fourth-order valence-electron chi connectivity index (χ4n) is 2.44. The van der Waals surface area contributed by atoms with E-state index in [0.717, 1.165) is 29.6 Å². The summed E-state index contributed by atoms with van der Waals surface area (Å²) in [6.07, 6.45) is 5.18. The molecule has 19 heavy (non-hydrogen) atoms. The Labute approximate surface area is 122 Å². The van der Waals surface area contributed by atoms with Crippen molar-refractivity contribution in [3.63, 3.8) is 0 Å². The molecule has 1 saturated heterocycles. The van der Waals surface area contributed by atoms with E-state index in [4.69, 9.17) is 4.74 Å². The number of nitrogens with one attached hydrogen (secondary N) is 1. The first-order valence-electron chi connectivity index (χ1n) is 6.61. The van der Waals surface area contributed by atoms with Gasteiger partial charge in [0, 0.05) is 19.0 Å². The summed E-state index contributed by atoms with van der Waals surface area (Å²) in [5.74, 6) is 0.302. The Bertz CT molecular complexity index is 451. The zero-order valence-corrected chi connectivity index (χ0v) is 12.8. The second-order valence-corrected chi connectivity index (χ2v) is 6.03. The van der Waals surface area contributed by atoms with Gasteiger partial charge in [0.15, 0.2) is 0 Å². The highest BCUT2D eigenvalue weighted by Gasteiger charge is 2.34. The van der Waals surface area contributed by atoms with Crippen molar-refractivity contribution in [2.45, 2.75) is 32.8 Å². The highest BCUT2D eigenvalue weighted by Crippen LogP contribution is 2.28. The maximum atomic E-state index is 12.4. The minimum atomic E-state index is -0.0752. The molecular formula is C14H19BrN2O2. The SMILES string of the molecule is CC(C)C1OCCCC1C(=O)Nc1ccncc1Br. The van der Waals surface area contributed by atoms with Crippen LogP contribution in [-0.2, 0) is 9.53 Å². The molecule has 1 aliphatic heterocycles. The average Bonchev–Trinajstić information content (AvgIpc) is 2.41. The van der Waals surface area contributed by atoms with Crippen molar-refractivity contribution < 1.29 is 9.53 Å². The third-order valence-corrected chi connectivity index (χ3v) is 4.02. The first-order chi connectivity index (χ1) is 9.09. The van der Waals surface area contributed by atoms with E-state index < -0.39 is 0 Å². The van der Waals surface area contributed by atoms with Crippen molar-refractivity contribution in [3.8, 4) is 0 Å². The number of carbonyl (C=O) groups excluding carboxylic acids is 1. The lowest BCUT2D eigenvalue weighted by molar-refractivity contribution is -0.131. The van der Waals surface area contributed by atoms with Gasteiger partial charge in [-0.3, -0.25) is 9.78 Å². The van der Waals surface area contributed by atoms with Crippen LogP contribution in [0.4, 0.5) is 5.69 Å². The minimum Gasteiger partial charge on any atom is -0.377 e. The van der Waals surface area contributed by atoms with E-state index in [1.54, 1.807) is 18.5 Å². The molecule has 104 valence electrons. The van der Waals surface area contributed by atoms with Crippen molar-refractivity contribution in [2.24, 2.45) is 11.8 Å². The van der Waals surface area contributed by atoms with Gasteiger partial charge >= 0.3 is 0 Å². The van der Waals surface area contributed by atoms with Gasteiger partial charge in [0.25, 0.3) is 0 Å². The average molecular weight is 327 g/mol. The van der Waals surface area contributed by atoms with E-state index >= 15 is 0 Å². The molecule has 0 aromatic carbocycles. The minimum absolute atomic E-state index is 0.00867. The summed E-state index contributed by atoms with van der Waals surface area (Å²) in [7, 11) is 0. The van der Waals surface area contributed by atoms with Gasteiger partial charge in [0.05, 0.1) is 22.2 Å². The van der Waals surface area contributed by atoms with Crippen molar-refractivity contribution in [2.75, 3.05) is 11.9 Å². The summed E-state index contributed by atoms with van der Waals surface area (Å²) in [6, 6.07) is 1.79. The second-order valence-electron chi connectivity index (χ2n) is 5.17. The number of anilines is 1. The normalized spacial score (nSPS) is 23.4. The predicted molar refractivity (Wildman–Crippen MR) is 77.9 cm³/mol. The molecule has 4 nitrogen and oxygen atoms in total. The van der Waals surface area contributed by atoms with E-state index in [1.165, 1.54) is 0 Å². The Morgan fingerprint density at radius 2 is 2.37 bits per heavy atom. The molecule has 1 aromatic heterocycles. The maximum absolute atomic E-state index is 12.4. The molecule has 0 aliphatic carbocycles. The van der Waals surface area contributed by atoms with Crippen LogP contribution in [0.1, 0.15) is 26.7 Å². The number of pyridine rings is 1. The van der Waals surface area contributed by atoms with Gasteiger partial charge in [-0.1, -0.05) is 13.8 Å². The molecule has 0 radical (unpaired) electrons. The van der Waals surface area contributed by atoms with Gasteiger partial charge in [-0.25, -0.2) is 0 Å². The van der Waals surface area contributed by atoms with Crippen LogP contribution in [0.2, 0.25) is 0 Å². The molecule has 5 heteroatoms. The van der Waals surface area contributed by atoms with Crippen molar-refractivity contribution in [3.05, 3.63) is 22.9 Å². The van der Waals surface area contributed by atoms with Gasteiger partial charge in [0.2, 0.25) is 5.91 Å². The second kappa shape index (κ2) is 6.48. The van der Waals surface area contributed by atoms with Crippen LogP contribution in [0.15, 0.2) is 22.9 Å². The Hall–Kier alpha value is -0.940. The quantitative estimate of drug-likeness (QED) is 0.927. The smallest absolute Gasteiger partial charge is 0.230 e. The summed E-state index contributed by atoms with van der Waals surface area (Å²) in [4.78, 5) is 16.4. The zero-order chi connectivity index (χ0) is 13.8. The number of carbonyl (C=O) groups is 1. The predicted octanol–water partition coefficient (Wildman–Crippen LogP) is 3.23. The van der Waals surface area contributed by atoms with E-state index in [-0.39, 0.29) is 17.9 Å². The van der Waals surface area contributed by atoms with Crippen molar-refractivity contribution in [1.82, 2.24) is 4.98 Å². The Kier molecular flexibility index (Phi) is 4.93. The first-order valence-corrected chi connectivity index (χ1v) is 7.41. The molecule has 0 saturated carbocycles. The maximum Gasteiger partial charge on any atom is 0.230 e. The number of amides is 1. The largest absolute Gasteiger partial charge is 0.377 e. The number of rotatable bonds is 3. The van der Waals surface area contributed by atoms with Crippen molar-refractivity contribution >= 4 is 27.5 Å². The number of ether oxygens (including phenoxy) is 1. The topological polar surface area (TPSA) is 51.2 Å². The summed E-state index contributed by atoms with van der Waals surface area (Å²) in [6.45, 7) is 4.95. The molecule has 2 heterocycles. The van der Waals surface area contributed by atoms with Gasteiger partial charge in [-0.15, -0.1) is 0 Å². The van der Waals surface area contributed by atoms with Crippen LogP contribution < -0.4 is 5.32 Å². The third-order valence-electron chi connectivity index (χ3n) is 3.39. The van der Waals surface area contributed by atoms with Crippen LogP contribution in [0.3, 0.4) is 0 Å². The highest BCUT2D eigenvalue weighted by molar-refractivity contribution is 9.10. The molecule has 1 amide bonds. The van der Waals surface area contributed by atoms with E-state index in [1.807, 2.05) is 0 Å². The lowest BCUT2D eigenvalue weighted by atomic mass is 9.87. The standard InChI is InChI=1S/C14H19BrN2O2/c1-9(2)13-10(4-3-7-19-13)14(18)17-12-5-6-16-8-11(12)15/h5-6,8-10,13H,3-4,7H2,1-2H3,(H,16,17,18). The van der Waals surface area contributed by atoms with Crippen LogP contribution >= 0.6 is 15.9 Å². The van der Waals surface area contributed by atoms with Gasteiger partial charge in [-0.05, 0) is 40.8 Å². The Morgan fingerprint density at radius 1 is 1.58 bits per heavy atom. The van der Waals surface area contributed by atoms with Crippen LogP contribution in [0, 0.1) is 11.8 Å². The molecule has 0 bridgehead atoms. The molecule has 1 N–H and O–H groups in total. The first kappa shape index (κ1) is 14.5. The van der Waals surface area contributed by atoms with Crippen molar-refractivity contribution in [1.29, 1.82) is 0 Å². The molecule has 2 atom stereocenters. The van der Waals surface area contributed by atoms with Gasteiger partial charge in [-0.2, -0.15) is 0 Å². The fraction of sp³-hybridized carbons (Fsp3) is 0.571. The molecule has 1 aromatic rings. The molecule has 0 spiro atoms. The number of hydrogen-bond acceptors (Lipinski definition) is 3. The number of aromatic nitrogens is 1. The Morgan fingerprint density at radius 3 is 3.05 bits per heavy atom. The van der Waals surface area contributed by atoms with E-state index in [2.05, 4.69) is 40.1 Å². The summed E-state index contributed by atoms with van der Waals surface area (Å²) >= 11 is 3.38.